The average Bonchev–Trinajstić information content (AvgIpc) is 3.00. The molecule has 0 radical (unpaired) electrons. The third kappa shape index (κ3) is 3.16. The van der Waals surface area contributed by atoms with Crippen LogP contribution in [0.1, 0.15) is 20.8 Å². The van der Waals surface area contributed by atoms with Crippen molar-refractivity contribution in [1.82, 2.24) is 9.97 Å². The fourth-order valence-corrected chi connectivity index (χ4v) is 2.41. The fraction of sp³-hybridized carbons (Fsp3) is 0.158. The molecular formula is C19H21N3O. The molecule has 0 saturated carbocycles. The van der Waals surface area contributed by atoms with E-state index in [2.05, 4.69) is 21.4 Å². The molecule has 4 aromatic rings. The van der Waals surface area contributed by atoms with Gasteiger partial charge in [-0.05, 0) is 48.0 Å². The van der Waals surface area contributed by atoms with E-state index in [1.54, 1.807) is 18.6 Å². The van der Waals surface area contributed by atoms with Gasteiger partial charge in [0.2, 0.25) is 0 Å². The highest BCUT2D eigenvalue weighted by molar-refractivity contribution is 6.03. The van der Waals surface area contributed by atoms with Crippen LogP contribution in [0.3, 0.4) is 0 Å². The Morgan fingerprint density at radius 2 is 1.83 bits per heavy atom. The number of furan rings is 1. The second-order valence-corrected chi connectivity index (χ2v) is 4.87. The van der Waals surface area contributed by atoms with Crippen LogP contribution in [0.15, 0.2) is 65.5 Å². The minimum absolute atomic E-state index is 0. The SMILES string of the molecule is CC.[HH].c1cnc2c(c1)oc1ccc(NCc3ccncc3)cc12. The number of anilines is 1. The number of hydrogen-bond donors (Lipinski definition) is 1. The van der Waals surface area contributed by atoms with Gasteiger partial charge < -0.3 is 9.73 Å². The van der Waals surface area contributed by atoms with Gasteiger partial charge in [0.1, 0.15) is 11.1 Å². The molecular weight excluding hydrogens is 286 g/mol. The number of nitrogens with one attached hydrogen (secondary N) is 1. The predicted molar refractivity (Wildman–Crippen MR) is 96.5 cm³/mol. The quantitative estimate of drug-likeness (QED) is 0.561. The maximum Gasteiger partial charge on any atom is 0.153 e. The molecule has 1 N–H and O–H groups in total. The molecule has 0 aliphatic heterocycles. The van der Waals surface area contributed by atoms with E-state index in [4.69, 9.17) is 4.42 Å². The van der Waals surface area contributed by atoms with Crippen molar-refractivity contribution in [2.45, 2.75) is 20.4 Å². The van der Waals surface area contributed by atoms with Gasteiger partial charge in [0.25, 0.3) is 0 Å². The standard InChI is InChI=1S/C17H13N3O.C2H6.H2/c1-2-16-17(19-7-1)14-10-13(3-4-15(14)21-16)20-11-12-5-8-18-9-6-12;1-2;/h1-10,20H,11H2;1-2H3;1H. The predicted octanol–water partition coefficient (Wildman–Crippen LogP) is 5.26. The fourth-order valence-electron chi connectivity index (χ4n) is 2.41. The molecule has 0 fully saturated rings. The number of nitrogens with zero attached hydrogens (tertiary/aromatic N) is 2. The number of benzene rings is 1. The highest BCUT2D eigenvalue weighted by Crippen LogP contribution is 2.29. The topological polar surface area (TPSA) is 51.0 Å². The summed E-state index contributed by atoms with van der Waals surface area (Å²) in [6.07, 6.45) is 5.38. The summed E-state index contributed by atoms with van der Waals surface area (Å²) in [4.78, 5) is 8.42. The molecule has 3 aromatic heterocycles. The summed E-state index contributed by atoms with van der Waals surface area (Å²) in [5, 5.41) is 4.44. The van der Waals surface area contributed by atoms with E-state index < -0.39 is 0 Å². The van der Waals surface area contributed by atoms with Crippen molar-refractivity contribution >= 4 is 27.8 Å². The molecule has 1 aromatic carbocycles. The summed E-state index contributed by atoms with van der Waals surface area (Å²) in [6.45, 7) is 4.76. The maximum absolute atomic E-state index is 5.77. The molecule has 4 rings (SSSR count). The zero-order chi connectivity index (χ0) is 16.1. The van der Waals surface area contributed by atoms with Gasteiger partial charge in [-0.2, -0.15) is 0 Å². The van der Waals surface area contributed by atoms with Crippen molar-refractivity contribution in [1.29, 1.82) is 0 Å². The molecule has 0 spiro atoms. The van der Waals surface area contributed by atoms with E-state index in [9.17, 15) is 0 Å². The summed E-state index contributed by atoms with van der Waals surface area (Å²) in [7, 11) is 0. The Bertz CT molecular complexity index is 906. The summed E-state index contributed by atoms with van der Waals surface area (Å²) >= 11 is 0. The first-order valence-corrected chi connectivity index (χ1v) is 7.80. The van der Waals surface area contributed by atoms with Gasteiger partial charge in [-0.15, -0.1) is 0 Å². The molecule has 23 heavy (non-hydrogen) atoms. The van der Waals surface area contributed by atoms with Crippen LogP contribution >= 0.6 is 0 Å². The average molecular weight is 307 g/mol. The first kappa shape index (κ1) is 15.0. The Kier molecular flexibility index (Phi) is 4.52. The highest BCUT2D eigenvalue weighted by Gasteiger charge is 2.07. The molecule has 0 saturated heterocycles. The molecule has 0 aliphatic carbocycles. The smallest absolute Gasteiger partial charge is 0.153 e. The van der Waals surface area contributed by atoms with E-state index in [1.165, 1.54) is 5.56 Å². The Morgan fingerprint density at radius 3 is 2.65 bits per heavy atom. The summed E-state index contributed by atoms with van der Waals surface area (Å²) in [5.41, 5.74) is 4.82. The van der Waals surface area contributed by atoms with Crippen molar-refractivity contribution in [2.24, 2.45) is 0 Å². The number of fused-ring (bicyclic) bond motifs is 3. The van der Waals surface area contributed by atoms with E-state index in [0.717, 1.165) is 34.3 Å². The number of pyridine rings is 2. The Hall–Kier alpha value is -2.88. The van der Waals surface area contributed by atoms with Gasteiger partial charge in [0.05, 0.1) is 0 Å². The van der Waals surface area contributed by atoms with Gasteiger partial charge in [0, 0.05) is 37.6 Å². The van der Waals surface area contributed by atoms with Crippen molar-refractivity contribution in [3.8, 4) is 0 Å². The molecule has 0 bridgehead atoms. The lowest BCUT2D eigenvalue weighted by molar-refractivity contribution is 0.668. The lowest BCUT2D eigenvalue weighted by Crippen LogP contribution is -1.98. The second-order valence-electron chi connectivity index (χ2n) is 4.87. The number of aromatic nitrogens is 2. The third-order valence-electron chi connectivity index (χ3n) is 3.47. The first-order valence-electron chi connectivity index (χ1n) is 7.80. The van der Waals surface area contributed by atoms with Gasteiger partial charge in [-0.25, -0.2) is 0 Å². The van der Waals surface area contributed by atoms with Crippen LogP contribution in [0.2, 0.25) is 0 Å². The minimum Gasteiger partial charge on any atom is -0.454 e. The van der Waals surface area contributed by atoms with E-state index >= 15 is 0 Å². The van der Waals surface area contributed by atoms with Crippen LogP contribution in [0, 0.1) is 0 Å². The lowest BCUT2D eigenvalue weighted by atomic mass is 10.2. The normalized spacial score (nSPS) is 10.3. The van der Waals surface area contributed by atoms with Crippen LogP contribution in [-0.2, 0) is 6.54 Å². The lowest BCUT2D eigenvalue weighted by Gasteiger charge is -2.06. The minimum atomic E-state index is 0. The first-order chi connectivity index (χ1) is 11.4. The third-order valence-corrected chi connectivity index (χ3v) is 3.47. The van der Waals surface area contributed by atoms with Crippen LogP contribution in [0.25, 0.3) is 22.1 Å². The van der Waals surface area contributed by atoms with Gasteiger partial charge in [0.15, 0.2) is 5.58 Å². The molecule has 0 amide bonds. The summed E-state index contributed by atoms with van der Waals surface area (Å²) in [5.74, 6) is 0. The van der Waals surface area contributed by atoms with Crippen molar-refractivity contribution < 1.29 is 5.84 Å². The van der Waals surface area contributed by atoms with Crippen LogP contribution < -0.4 is 5.32 Å². The Labute approximate surface area is 136 Å². The molecule has 0 aliphatic rings. The van der Waals surface area contributed by atoms with Crippen LogP contribution in [0.5, 0.6) is 0 Å². The molecule has 4 heteroatoms. The molecule has 4 nitrogen and oxygen atoms in total. The molecule has 0 atom stereocenters. The second kappa shape index (κ2) is 6.92. The Morgan fingerprint density at radius 1 is 1.00 bits per heavy atom. The van der Waals surface area contributed by atoms with E-state index in [-0.39, 0.29) is 1.43 Å². The summed E-state index contributed by atoms with van der Waals surface area (Å²) in [6, 6.07) is 13.9. The zero-order valence-corrected chi connectivity index (χ0v) is 13.3. The van der Waals surface area contributed by atoms with Crippen LogP contribution in [-0.4, -0.2) is 9.97 Å². The van der Waals surface area contributed by atoms with Gasteiger partial charge in [-0.1, -0.05) is 13.8 Å². The van der Waals surface area contributed by atoms with Gasteiger partial charge >= 0.3 is 0 Å². The zero-order valence-electron chi connectivity index (χ0n) is 13.3. The van der Waals surface area contributed by atoms with Crippen molar-refractivity contribution in [3.63, 3.8) is 0 Å². The largest absolute Gasteiger partial charge is 0.454 e. The van der Waals surface area contributed by atoms with Crippen LogP contribution in [0.4, 0.5) is 5.69 Å². The molecule has 118 valence electrons. The van der Waals surface area contributed by atoms with Crippen molar-refractivity contribution in [3.05, 3.63) is 66.6 Å². The molecule has 0 unspecified atom stereocenters. The van der Waals surface area contributed by atoms with E-state index in [1.807, 2.05) is 50.2 Å². The van der Waals surface area contributed by atoms with E-state index in [0.29, 0.717) is 0 Å². The maximum atomic E-state index is 5.77. The number of rotatable bonds is 3. The monoisotopic (exact) mass is 307 g/mol. The Balaban J connectivity index is 0.000000670. The highest BCUT2D eigenvalue weighted by atomic mass is 16.3. The molecule has 3 heterocycles. The van der Waals surface area contributed by atoms with Crippen molar-refractivity contribution in [2.75, 3.05) is 5.32 Å². The number of hydrogen-bond acceptors (Lipinski definition) is 4. The van der Waals surface area contributed by atoms with Gasteiger partial charge in [-0.3, -0.25) is 9.97 Å². The summed E-state index contributed by atoms with van der Waals surface area (Å²) < 4.78 is 5.77.